The van der Waals surface area contributed by atoms with Crippen LogP contribution in [0.5, 0.6) is 17.2 Å². The number of ether oxygens (including phenoxy) is 3. The van der Waals surface area contributed by atoms with Crippen LogP contribution in [-0.4, -0.2) is 25.7 Å². The predicted octanol–water partition coefficient (Wildman–Crippen LogP) is 3.03. The molecule has 0 unspecified atom stereocenters. The highest BCUT2D eigenvalue weighted by Gasteiger charge is 2.12. The summed E-state index contributed by atoms with van der Waals surface area (Å²) >= 11 is 0. The van der Waals surface area contributed by atoms with E-state index in [4.69, 9.17) is 14.2 Å². The Labute approximate surface area is 150 Å². The molecular weight excluding hydrogens is 336 g/mol. The lowest BCUT2D eigenvalue weighted by Crippen LogP contribution is -2.10. The number of carbonyl (C=O) groups excluding carboxylic acids is 2. The number of methoxy groups -OCH3 is 1. The lowest BCUT2D eigenvalue weighted by molar-refractivity contribution is -0.114. The lowest BCUT2D eigenvalue weighted by atomic mass is 10.2. The molecule has 2 aromatic rings. The van der Waals surface area contributed by atoms with E-state index in [0.29, 0.717) is 28.6 Å². The molecule has 2 aromatic carbocycles. The lowest BCUT2D eigenvalue weighted by Gasteiger charge is -2.11. The van der Waals surface area contributed by atoms with Gasteiger partial charge in [0.2, 0.25) is 18.6 Å². The highest BCUT2D eigenvalue weighted by molar-refractivity contribution is 6.03. The first-order valence-electron chi connectivity index (χ1n) is 7.89. The molecule has 2 amide bonds. The van der Waals surface area contributed by atoms with Gasteiger partial charge >= 0.3 is 0 Å². The van der Waals surface area contributed by atoms with Crippen LogP contribution >= 0.6 is 0 Å². The molecule has 0 radical (unpaired) electrons. The van der Waals surface area contributed by atoms with Crippen molar-refractivity contribution in [3.8, 4) is 17.2 Å². The van der Waals surface area contributed by atoms with Crippen LogP contribution in [0.25, 0.3) is 6.08 Å². The monoisotopic (exact) mass is 354 g/mol. The van der Waals surface area contributed by atoms with Crippen molar-refractivity contribution in [3.05, 3.63) is 48.0 Å². The molecule has 7 heteroatoms. The largest absolute Gasteiger partial charge is 0.495 e. The molecule has 3 rings (SSSR count). The van der Waals surface area contributed by atoms with Crippen molar-refractivity contribution in [3.63, 3.8) is 0 Å². The fourth-order valence-electron chi connectivity index (χ4n) is 2.45. The molecule has 0 bridgehead atoms. The van der Waals surface area contributed by atoms with Gasteiger partial charge in [0.1, 0.15) is 5.75 Å². The third-order valence-electron chi connectivity index (χ3n) is 3.60. The summed E-state index contributed by atoms with van der Waals surface area (Å²) < 4.78 is 15.8. The van der Waals surface area contributed by atoms with Gasteiger partial charge in [-0.2, -0.15) is 0 Å². The van der Waals surface area contributed by atoms with Gasteiger partial charge in [-0.15, -0.1) is 0 Å². The van der Waals surface area contributed by atoms with E-state index in [1.165, 1.54) is 20.1 Å². The number of benzene rings is 2. The van der Waals surface area contributed by atoms with Crippen LogP contribution in [0, 0.1) is 0 Å². The van der Waals surface area contributed by atoms with Crippen molar-refractivity contribution in [1.29, 1.82) is 0 Å². The van der Waals surface area contributed by atoms with E-state index in [1.54, 1.807) is 36.4 Å². The molecule has 0 aromatic heterocycles. The first-order chi connectivity index (χ1) is 12.5. The number of fused-ring (bicyclic) bond motifs is 1. The summed E-state index contributed by atoms with van der Waals surface area (Å²) in [6.07, 6.45) is 3.07. The number of hydrogen-bond donors (Lipinski definition) is 2. The number of nitrogens with one attached hydrogen (secondary N) is 2. The Kier molecular flexibility index (Phi) is 5.07. The van der Waals surface area contributed by atoms with Crippen LogP contribution in [0.4, 0.5) is 11.4 Å². The fourth-order valence-corrected chi connectivity index (χ4v) is 2.45. The average molecular weight is 354 g/mol. The molecule has 134 valence electrons. The van der Waals surface area contributed by atoms with Crippen LogP contribution < -0.4 is 24.8 Å². The molecule has 0 fully saturated rings. The third-order valence-corrected chi connectivity index (χ3v) is 3.60. The minimum Gasteiger partial charge on any atom is -0.495 e. The van der Waals surface area contributed by atoms with E-state index in [0.717, 1.165) is 5.56 Å². The first-order valence-corrected chi connectivity index (χ1v) is 7.89. The van der Waals surface area contributed by atoms with Crippen molar-refractivity contribution < 1.29 is 23.8 Å². The van der Waals surface area contributed by atoms with Gasteiger partial charge in [0, 0.05) is 18.7 Å². The maximum absolute atomic E-state index is 12.2. The summed E-state index contributed by atoms with van der Waals surface area (Å²) in [7, 11) is 1.51. The molecule has 0 aliphatic carbocycles. The number of hydrogen-bond acceptors (Lipinski definition) is 5. The Morgan fingerprint density at radius 2 is 1.88 bits per heavy atom. The van der Waals surface area contributed by atoms with Gasteiger partial charge in [-0.25, -0.2) is 0 Å². The SMILES string of the molecule is COc1ccc(NC(C)=O)cc1NC(=O)C=Cc1ccc2c(c1)OCO2. The standard InChI is InChI=1S/C19H18N2O5/c1-12(22)20-14-5-7-16(24-2)15(10-14)21-19(23)8-4-13-3-6-17-18(9-13)26-11-25-17/h3-10H,11H2,1-2H3,(H,20,22)(H,21,23). The molecule has 2 N–H and O–H groups in total. The normalized spacial score (nSPS) is 12.1. The van der Waals surface area contributed by atoms with E-state index >= 15 is 0 Å². The quantitative estimate of drug-likeness (QED) is 0.806. The molecule has 0 saturated carbocycles. The second kappa shape index (κ2) is 7.60. The van der Waals surface area contributed by atoms with Crippen LogP contribution in [0.1, 0.15) is 12.5 Å². The number of carbonyl (C=O) groups is 2. The van der Waals surface area contributed by atoms with Crippen molar-refractivity contribution in [1.82, 2.24) is 0 Å². The van der Waals surface area contributed by atoms with Gasteiger partial charge in [-0.05, 0) is 42.0 Å². The van der Waals surface area contributed by atoms with Gasteiger partial charge in [0.05, 0.1) is 12.8 Å². The van der Waals surface area contributed by atoms with Gasteiger partial charge < -0.3 is 24.8 Å². The number of amides is 2. The maximum Gasteiger partial charge on any atom is 0.248 e. The zero-order chi connectivity index (χ0) is 18.5. The van der Waals surface area contributed by atoms with Crippen LogP contribution in [0.3, 0.4) is 0 Å². The maximum atomic E-state index is 12.2. The Morgan fingerprint density at radius 3 is 2.65 bits per heavy atom. The van der Waals surface area contributed by atoms with Crippen molar-refractivity contribution in [2.45, 2.75) is 6.92 Å². The molecule has 26 heavy (non-hydrogen) atoms. The summed E-state index contributed by atoms with van der Waals surface area (Å²) in [5, 5.41) is 5.40. The molecule has 0 spiro atoms. The van der Waals surface area contributed by atoms with E-state index in [1.807, 2.05) is 6.07 Å². The Balaban J connectivity index is 1.71. The second-order valence-corrected chi connectivity index (χ2v) is 5.53. The smallest absolute Gasteiger partial charge is 0.248 e. The van der Waals surface area contributed by atoms with Crippen molar-refractivity contribution >= 4 is 29.3 Å². The Morgan fingerprint density at radius 1 is 1.08 bits per heavy atom. The van der Waals surface area contributed by atoms with E-state index < -0.39 is 0 Å². The average Bonchev–Trinajstić information content (AvgIpc) is 3.07. The second-order valence-electron chi connectivity index (χ2n) is 5.53. The van der Waals surface area contributed by atoms with E-state index in [-0.39, 0.29) is 18.6 Å². The van der Waals surface area contributed by atoms with E-state index in [9.17, 15) is 9.59 Å². The molecule has 1 aliphatic rings. The van der Waals surface area contributed by atoms with Gasteiger partial charge in [0.15, 0.2) is 11.5 Å². The summed E-state index contributed by atoms with van der Waals surface area (Å²) in [4.78, 5) is 23.4. The Bertz CT molecular complexity index is 876. The van der Waals surface area contributed by atoms with Gasteiger partial charge in [-0.1, -0.05) is 6.07 Å². The number of anilines is 2. The Hall–Kier alpha value is -3.48. The highest BCUT2D eigenvalue weighted by atomic mass is 16.7. The molecule has 1 aliphatic heterocycles. The summed E-state index contributed by atoms with van der Waals surface area (Å²) in [5.74, 6) is 1.29. The molecule has 0 saturated heterocycles. The van der Waals surface area contributed by atoms with Crippen molar-refractivity contribution in [2.24, 2.45) is 0 Å². The fraction of sp³-hybridized carbons (Fsp3) is 0.158. The third kappa shape index (κ3) is 4.13. The minimum atomic E-state index is -0.332. The van der Waals surface area contributed by atoms with Crippen LogP contribution in [0.2, 0.25) is 0 Å². The van der Waals surface area contributed by atoms with Gasteiger partial charge in [-0.3, -0.25) is 9.59 Å². The zero-order valence-electron chi connectivity index (χ0n) is 14.4. The molecule has 0 atom stereocenters. The van der Waals surface area contributed by atoms with E-state index in [2.05, 4.69) is 10.6 Å². The topological polar surface area (TPSA) is 85.9 Å². The summed E-state index contributed by atoms with van der Waals surface area (Å²) in [6.45, 7) is 1.62. The zero-order valence-corrected chi connectivity index (χ0v) is 14.4. The number of rotatable bonds is 5. The molecule has 7 nitrogen and oxygen atoms in total. The molecule has 1 heterocycles. The van der Waals surface area contributed by atoms with Gasteiger partial charge in [0.25, 0.3) is 0 Å². The highest BCUT2D eigenvalue weighted by Crippen LogP contribution is 2.33. The predicted molar refractivity (Wildman–Crippen MR) is 97.5 cm³/mol. The van der Waals surface area contributed by atoms with Crippen LogP contribution in [0.15, 0.2) is 42.5 Å². The van der Waals surface area contributed by atoms with Crippen LogP contribution in [-0.2, 0) is 9.59 Å². The van der Waals surface area contributed by atoms with Crippen molar-refractivity contribution in [2.75, 3.05) is 24.5 Å². The molecular formula is C19H18N2O5. The first kappa shape index (κ1) is 17.3. The summed E-state index contributed by atoms with van der Waals surface area (Å²) in [6, 6.07) is 10.4. The minimum absolute atomic E-state index is 0.199. The summed E-state index contributed by atoms with van der Waals surface area (Å²) in [5.41, 5.74) is 1.83.